The van der Waals surface area contributed by atoms with E-state index < -0.39 is 5.54 Å². The van der Waals surface area contributed by atoms with Crippen molar-refractivity contribution >= 4 is 17.4 Å². The highest BCUT2D eigenvalue weighted by Gasteiger charge is 2.45. The Hall–Kier alpha value is -1.52. The van der Waals surface area contributed by atoms with E-state index in [-0.39, 0.29) is 5.91 Å². The van der Waals surface area contributed by atoms with Gasteiger partial charge in [0.15, 0.2) is 0 Å². The van der Waals surface area contributed by atoms with Gasteiger partial charge in [0.25, 0.3) is 0 Å². The SMILES string of the molecule is CCc1nn(C)c2c1NC(=O)C1(CCC(C)CC1)N2. The average Bonchev–Trinajstić information content (AvgIpc) is 2.70. The third-order valence-electron chi connectivity index (χ3n) is 4.61. The van der Waals surface area contributed by atoms with E-state index in [2.05, 4.69) is 29.6 Å². The third kappa shape index (κ3) is 1.83. The summed E-state index contributed by atoms with van der Waals surface area (Å²) in [6.45, 7) is 4.32. The summed E-state index contributed by atoms with van der Waals surface area (Å²) in [5, 5.41) is 11.1. The number of carbonyl (C=O) groups is 1. The van der Waals surface area contributed by atoms with Crippen LogP contribution in [0.4, 0.5) is 11.5 Å². The molecule has 2 aliphatic rings. The molecular formula is C14H22N4O. The molecule has 0 bridgehead atoms. The van der Waals surface area contributed by atoms with Crippen molar-refractivity contribution in [2.75, 3.05) is 10.6 Å². The minimum absolute atomic E-state index is 0.120. The Labute approximate surface area is 113 Å². The summed E-state index contributed by atoms with van der Waals surface area (Å²) in [6.07, 6.45) is 4.86. The summed E-state index contributed by atoms with van der Waals surface area (Å²) < 4.78 is 1.85. The van der Waals surface area contributed by atoms with Crippen molar-refractivity contribution < 1.29 is 4.79 Å². The first-order valence-corrected chi connectivity index (χ1v) is 7.21. The minimum atomic E-state index is -0.418. The molecule has 2 heterocycles. The number of anilines is 2. The molecule has 5 nitrogen and oxygen atoms in total. The van der Waals surface area contributed by atoms with Crippen molar-refractivity contribution in [2.45, 2.75) is 51.5 Å². The van der Waals surface area contributed by atoms with Crippen molar-refractivity contribution in [3.05, 3.63) is 5.69 Å². The van der Waals surface area contributed by atoms with Crippen LogP contribution in [0.5, 0.6) is 0 Å². The Bertz CT molecular complexity index is 512. The number of rotatable bonds is 1. The molecule has 1 amide bonds. The predicted octanol–water partition coefficient (Wildman–Crippen LogP) is 2.30. The fourth-order valence-electron chi connectivity index (χ4n) is 3.23. The van der Waals surface area contributed by atoms with E-state index in [1.54, 1.807) is 0 Å². The molecule has 3 rings (SSSR count). The zero-order valence-electron chi connectivity index (χ0n) is 11.9. The monoisotopic (exact) mass is 262 g/mol. The number of carbonyl (C=O) groups excluding carboxylic acids is 1. The van der Waals surface area contributed by atoms with Gasteiger partial charge in [0, 0.05) is 7.05 Å². The van der Waals surface area contributed by atoms with Crippen molar-refractivity contribution in [2.24, 2.45) is 13.0 Å². The van der Waals surface area contributed by atoms with Crippen LogP contribution in [-0.4, -0.2) is 21.2 Å². The number of hydrogen-bond donors (Lipinski definition) is 2. The number of aromatic nitrogens is 2. The lowest BCUT2D eigenvalue weighted by atomic mass is 9.75. The van der Waals surface area contributed by atoms with Gasteiger partial charge in [0.05, 0.1) is 5.69 Å². The number of hydrogen-bond acceptors (Lipinski definition) is 3. The molecule has 0 aromatic carbocycles. The largest absolute Gasteiger partial charge is 0.354 e. The molecule has 104 valence electrons. The zero-order valence-corrected chi connectivity index (χ0v) is 11.9. The molecule has 1 aliphatic heterocycles. The Morgan fingerprint density at radius 2 is 2.11 bits per heavy atom. The lowest BCUT2D eigenvalue weighted by Gasteiger charge is -2.42. The first-order chi connectivity index (χ1) is 9.05. The quantitative estimate of drug-likeness (QED) is 0.816. The maximum absolute atomic E-state index is 12.5. The van der Waals surface area contributed by atoms with E-state index in [0.29, 0.717) is 0 Å². The second kappa shape index (κ2) is 4.25. The summed E-state index contributed by atoms with van der Waals surface area (Å²) in [5.74, 6) is 1.81. The molecule has 1 aromatic heterocycles. The maximum Gasteiger partial charge on any atom is 0.250 e. The Kier molecular flexibility index (Phi) is 2.80. The second-order valence-electron chi connectivity index (χ2n) is 5.99. The Balaban J connectivity index is 1.96. The Morgan fingerprint density at radius 3 is 2.74 bits per heavy atom. The topological polar surface area (TPSA) is 59.0 Å². The normalized spacial score (nSPS) is 29.8. The summed E-state index contributed by atoms with van der Waals surface area (Å²) in [7, 11) is 1.93. The van der Waals surface area contributed by atoms with Gasteiger partial charge in [0.1, 0.15) is 17.0 Å². The van der Waals surface area contributed by atoms with Gasteiger partial charge < -0.3 is 10.6 Å². The first kappa shape index (κ1) is 12.5. The molecular weight excluding hydrogens is 240 g/mol. The van der Waals surface area contributed by atoms with Gasteiger partial charge >= 0.3 is 0 Å². The van der Waals surface area contributed by atoms with Crippen LogP contribution in [0.25, 0.3) is 0 Å². The number of amides is 1. The van der Waals surface area contributed by atoms with Crippen LogP contribution < -0.4 is 10.6 Å². The first-order valence-electron chi connectivity index (χ1n) is 7.21. The van der Waals surface area contributed by atoms with E-state index in [4.69, 9.17) is 0 Å². The molecule has 0 atom stereocenters. The van der Waals surface area contributed by atoms with Gasteiger partial charge in [-0.05, 0) is 38.0 Å². The van der Waals surface area contributed by atoms with E-state index in [1.807, 2.05) is 11.7 Å². The third-order valence-corrected chi connectivity index (χ3v) is 4.61. The molecule has 0 unspecified atom stereocenters. The molecule has 1 aliphatic carbocycles. The Morgan fingerprint density at radius 1 is 1.42 bits per heavy atom. The zero-order chi connectivity index (χ0) is 13.6. The van der Waals surface area contributed by atoms with Gasteiger partial charge in [-0.2, -0.15) is 5.10 Å². The molecule has 1 saturated carbocycles. The van der Waals surface area contributed by atoms with Crippen LogP contribution in [0.2, 0.25) is 0 Å². The van der Waals surface area contributed by atoms with Crippen molar-refractivity contribution in [3.63, 3.8) is 0 Å². The molecule has 1 spiro atoms. The van der Waals surface area contributed by atoms with Crippen molar-refractivity contribution in [1.29, 1.82) is 0 Å². The van der Waals surface area contributed by atoms with Crippen molar-refractivity contribution in [1.82, 2.24) is 9.78 Å². The maximum atomic E-state index is 12.5. The molecule has 5 heteroatoms. The molecule has 19 heavy (non-hydrogen) atoms. The number of aryl methyl sites for hydroxylation is 2. The lowest BCUT2D eigenvalue weighted by molar-refractivity contribution is -0.121. The van der Waals surface area contributed by atoms with E-state index >= 15 is 0 Å². The molecule has 0 saturated heterocycles. The van der Waals surface area contributed by atoms with Gasteiger partial charge in [-0.15, -0.1) is 0 Å². The van der Waals surface area contributed by atoms with Crippen LogP contribution in [0.3, 0.4) is 0 Å². The highest BCUT2D eigenvalue weighted by Crippen LogP contribution is 2.41. The smallest absolute Gasteiger partial charge is 0.250 e. The van der Waals surface area contributed by atoms with E-state index in [9.17, 15) is 4.79 Å². The van der Waals surface area contributed by atoms with Crippen LogP contribution in [-0.2, 0) is 18.3 Å². The average molecular weight is 262 g/mol. The van der Waals surface area contributed by atoms with Gasteiger partial charge in [-0.1, -0.05) is 13.8 Å². The highest BCUT2D eigenvalue weighted by atomic mass is 16.2. The summed E-state index contributed by atoms with van der Waals surface area (Å²) >= 11 is 0. The van der Waals surface area contributed by atoms with Gasteiger partial charge in [0.2, 0.25) is 5.91 Å². The molecule has 1 fully saturated rings. The fraction of sp³-hybridized carbons (Fsp3) is 0.714. The summed E-state index contributed by atoms with van der Waals surface area (Å²) in [5.41, 5.74) is 1.41. The number of fused-ring (bicyclic) bond motifs is 1. The van der Waals surface area contributed by atoms with Crippen LogP contribution in [0, 0.1) is 5.92 Å². The summed E-state index contributed by atoms with van der Waals surface area (Å²) in [6, 6.07) is 0. The molecule has 1 aromatic rings. The van der Waals surface area contributed by atoms with E-state index in [1.165, 1.54) is 0 Å². The van der Waals surface area contributed by atoms with Gasteiger partial charge in [-0.3, -0.25) is 9.48 Å². The highest BCUT2D eigenvalue weighted by molar-refractivity contribution is 6.06. The number of nitrogens with zero attached hydrogens (tertiary/aromatic N) is 2. The minimum Gasteiger partial charge on any atom is -0.354 e. The van der Waals surface area contributed by atoms with Crippen LogP contribution in [0.15, 0.2) is 0 Å². The fourth-order valence-corrected chi connectivity index (χ4v) is 3.23. The second-order valence-corrected chi connectivity index (χ2v) is 5.99. The number of nitrogens with one attached hydrogen (secondary N) is 2. The molecule has 2 N–H and O–H groups in total. The summed E-state index contributed by atoms with van der Waals surface area (Å²) in [4.78, 5) is 12.5. The van der Waals surface area contributed by atoms with Gasteiger partial charge in [-0.25, -0.2) is 0 Å². The molecule has 0 radical (unpaired) electrons. The van der Waals surface area contributed by atoms with E-state index in [0.717, 1.165) is 55.2 Å². The lowest BCUT2D eigenvalue weighted by Crippen LogP contribution is -2.54. The van der Waals surface area contributed by atoms with Crippen molar-refractivity contribution in [3.8, 4) is 0 Å². The van der Waals surface area contributed by atoms with Crippen LogP contribution in [0.1, 0.15) is 45.2 Å². The standard InChI is InChI=1S/C14H22N4O/c1-4-10-11-12(18(3)17-10)16-14(13(19)15-11)7-5-9(2)6-8-14/h9,16H,4-8H2,1-3H3,(H,15,19). The predicted molar refractivity (Wildman–Crippen MR) is 75.2 cm³/mol. The van der Waals surface area contributed by atoms with Crippen LogP contribution >= 0.6 is 0 Å².